The molecule has 0 bridgehead atoms. The van der Waals surface area contributed by atoms with Crippen LogP contribution >= 0.6 is 0 Å². The lowest BCUT2D eigenvalue weighted by Crippen LogP contribution is -2.12. The van der Waals surface area contributed by atoms with E-state index in [0.29, 0.717) is 22.6 Å². The Morgan fingerprint density at radius 2 is 1.88 bits per heavy atom. The number of H-pyrrole nitrogens is 1. The van der Waals surface area contributed by atoms with Crippen LogP contribution in [-0.4, -0.2) is 41.9 Å². The summed E-state index contributed by atoms with van der Waals surface area (Å²) in [7, 11) is 2.88. The fraction of sp³-hybridized carbons (Fsp3) is 0.217. The van der Waals surface area contributed by atoms with Crippen molar-refractivity contribution in [1.29, 1.82) is 0 Å². The van der Waals surface area contributed by atoms with Gasteiger partial charge in [-0.3, -0.25) is 10.1 Å². The fourth-order valence-electron chi connectivity index (χ4n) is 3.59. The first-order valence-electron chi connectivity index (χ1n) is 10.2. The average molecular weight is 467 g/mol. The largest absolute Gasteiger partial charge is 0.515 e. The number of pyridine rings is 1. The van der Waals surface area contributed by atoms with Crippen molar-refractivity contribution in [2.45, 2.75) is 13.5 Å². The second-order valence-electron chi connectivity index (χ2n) is 7.07. The van der Waals surface area contributed by atoms with E-state index >= 15 is 0 Å². The van der Waals surface area contributed by atoms with Crippen LogP contribution in [0, 0.1) is 10.1 Å². The number of carbonyl (C=O) groups excluding carboxylic acids is 1. The first-order chi connectivity index (χ1) is 16.4. The lowest BCUT2D eigenvalue weighted by atomic mass is 10.1. The highest BCUT2D eigenvalue weighted by molar-refractivity contribution is 6.09. The zero-order valence-corrected chi connectivity index (χ0v) is 18.6. The molecule has 4 aromatic rings. The maximum atomic E-state index is 11.9. The van der Waals surface area contributed by atoms with Gasteiger partial charge in [0, 0.05) is 35.5 Å². The van der Waals surface area contributed by atoms with Crippen molar-refractivity contribution >= 4 is 33.6 Å². The predicted octanol–water partition coefficient (Wildman–Crippen LogP) is 5.11. The Labute approximate surface area is 193 Å². The summed E-state index contributed by atoms with van der Waals surface area (Å²) in [6, 6.07) is 9.64. The summed E-state index contributed by atoms with van der Waals surface area (Å²) >= 11 is 0. The van der Waals surface area contributed by atoms with Crippen LogP contribution in [0.25, 0.3) is 21.8 Å². The molecule has 0 aliphatic rings. The highest BCUT2D eigenvalue weighted by Gasteiger charge is 2.19. The zero-order chi connectivity index (χ0) is 24.2. The van der Waals surface area contributed by atoms with Crippen LogP contribution < -0.4 is 14.2 Å². The Balaban J connectivity index is 1.77. The van der Waals surface area contributed by atoms with Crippen LogP contribution in [0.15, 0.2) is 42.6 Å². The molecule has 11 heteroatoms. The number of nitrogens with zero attached hydrogens (tertiary/aromatic N) is 2. The van der Waals surface area contributed by atoms with Crippen LogP contribution in [0.3, 0.4) is 0 Å². The molecule has 0 amide bonds. The topological polar surface area (TPSA) is 135 Å². The van der Waals surface area contributed by atoms with Gasteiger partial charge in [-0.05, 0) is 31.2 Å². The van der Waals surface area contributed by atoms with Crippen molar-refractivity contribution in [2.75, 3.05) is 20.8 Å². The third kappa shape index (κ3) is 4.41. The molecule has 11 nitrogen and oxygen atoms in total. The van der Waals surface area contributed by atoms with Crippen molar-refractivity contribution in [2.24, 2.45) is 0 Å². The van der Waals surface area contributed by atoms with E-state index in [1.54, 1.807) is 25.3 Å². The van der Waals surface area contributed by atoms with Crippen LogP contribution in [0.2, 0.25) is 0 Å². The van der Waals surface area contributed by atoms with Crippen LogP contribution in [0.5, 0.6) is 23.1 Å². The molecule has 0 aliphatic carbocycles. The Morgan fingerprint density at radius 3 is 2.59 bits per heavy atom. The molecule has 1 N–H and O–H groups in total. The summed E-state index contributed by atoms with van der Waals surface area (Å²) in [6.45, 7) is 1.98. The molecule has 0 unspecified atom stereocenters. The van der Waals surface area contributed by atoms with Crippen LogP contribution in [0.1, 0.15) is 12.5 Å². The lowest BCUT2D eigenvalue weighted by Gasteiger charge is -2.10. The van der Waals surface area contributed by atoms with E-state index < -0.39 is 11.1 Å². The minimum absolute atomic E-state index is 0.0835. The van der Waals surface area contributed by atoms with Gasteiger partial charge in [0.25, 0.3) is 0 Å². The number of aromatic amines is 1. The number of nitro groups is 1. The Hall–Kier alpha value is -4.38. The molecular formula is C23H21N3O8. The number of methoxy groups -OCH3 is 2. The normalized spacial score (nSPS) is 10.9. The molecular weight excluding hydrogens is 446 g/mol. The SMILES string of the molecule is CCOC(=O)Oc1ncc2[nH]c3ccc(Oc4ccc([N+](=O)[O-])c(OC)c4)cc3c2c1COC. The third-order valence-electron chi connectivity index (χ3n) is 4.98. The molecule has 2 aromatic carbocycles. The van der Waals surface area contributed by atoms with Crippen LogP contribution in [-0.2, 0) is 16.1 Å². The highest BCUT2D eigenvalue weighted by Crippen LogP contribution is 2.37. The second-order valence-corrected chi connectivity index (χ2v) is 7.07. The number of hydrogen-bond acceptors (Lipinski definition) is 9. The number of nitrogens with one attached hydrogen (secondary N) is 1. The number of rotatable bonds is 8. The number of hydrogen-bond donors (Lipinski definition) is 1. The van der Waals surface area contributed by atoms with Gasteiger partial charge in [-0.1, -0.05) is 0 Å². The van der Waals surface area contributed by atoms with Gasteiger partial charge in [0.2, 0.25) is 11.6 Å². The molecule has 0 atom stereocenters. The molecule has 0 saturated heterocycles. The van der Waals surface area contributed by atoms with Crippen molar-refractivity contribution in [3.8, 4) is 23.1 Å². The number of carbonyl (C=O) groups is 1. The van der Waals surface area contributed by atoms with Crippen molar-refractivity contribution in [1.82, 2.24) is 9.97 Å². The number of benzene rings is 2. The summed E-state index contributed by atoms with van der Waals surface area (Å²) in [6.07, 6.45) is 0.702. The maximum absolute atomic E-state index is 11.9. The molecule has 4 rings (SSSR count). The maximum Gasteiger partial charge on any atom is 0.515 e. The van der Waals surface area contributed by atoms with Crippen molar-refractivity contribution in [3.05, 3.63) is 58.3 Å². The monoisotopic (exact) mass is 467 g/mol. The molecule has 0 spiro atoms. The summed E-state index contributed by atoms with van der Waals surface area (Å²) < 4.78 is 26.5. The van der Waals surface area contributed by atoms with Crippen molar-refractivity contribution < 1.29 is 33.4 Å². The first kappa shape index (κ1) is 22.8. The quantitative estimate of drug-likeness (QED) is 0.213. The Bertz CT molecular complexity index is 1380. The third-order valence-corrected chi connectivity index (χ3v) is 4.98. The van der Waals surface area contributed by atoms with Crippen molar-refractivity contribution in [3.63, 3.8) is 0 Å². The summed E-state index contributed by atoms with van der Waals surface area (Å²) in [5.41, 5.74) is 1.92. The van der Waals surface area contributed by atoms with E-state index in [0.717, 1.165) is 16.3 Å². The molecule has 34 heavy (non-hydrogen) atoms. The Kier molecular flexibility index (Phi) is 6.46. The molecule has 0 aliphatic heterocycles. The first-order valence-corrected chi connectivity index (χ1v) is 10.2. The number of nitro benzene ring substituents is 1. The second kappa shape index (κ2) is 9.63. The highest BCUT2D eigenvalue weighted by atomic mass is 16.7. The molecule has 176 valence electrons. The standard InChI is InChI=1S/C23H21N3O8/c1-4-32-23(27)34-22-16(12-30-2)21-15-9-13(5-7-17(15)25-18(21)11-24-22)33-14-6-8-19(26(28)29)20(10-14)31-3/h5-11,25H,4,12H2,1-3H3. The molecule has 2 heterocycles. The number of ether oxygens (including phenoxy) is 5. The molecule has 0 saturated carbocycles. The Morgan fingerprint density at radius 1 is 1.12 bits per heavy atom. The van der Waals surface area contributed by atoms with Gasteiger partial charge >= 0.3 is 11.8 Å². The molecule has 0 radical (unpaired) electrons. The van der Waals surface area contributed by atoms with E-state index in [2.05, 4.69) is 9.97 Å². The van der Waals surface area contributed by atoms with Gasteiger partial charge in [-0.15, -0.1) is 0 Å². The van der Waals surface area contributed by atoms with E-state index in [4.69, 9.17) is 23.7 Å². The van der Waals surface area contributed by atoms with Gasteiger partial charge in [0.1, 0.15) is 11.5 Å². The molecule has 2 aromatic heterocycles. The predicted molar refractivity (Wildman–Crippen MR) is 122 cm³/mol. The summed E-state index contributed by atoms with van der Waals surface area (Å²) in [4.78, 5) is 30.0. The van der Waals surface area contributed by atoms with Gasteiger partial charge in [0.05, 0.1) is 42.5 Å². The van der Waals surface area contributed by atoms with Gasteiger partial charge < -0.3 is 28.7 Å². The van der Waals surface area contributed by atoms with E-state index in [1.807, 2.05) is 6.07 Å². The smallest absolute Gasteiger partial charge is 0.490 e. The van der Waals surface area contributed by atoms with E-state index in [-0.39, 0.29) is 30.5 Å². The van der Waals surface area contributed by atoms with E-state index in [9.17, 15) is 14.9 Å². The fourth-order valence-corrected chi connectivity index (χ4v) is 3.59. The zero-order valence-electron chi connectivity index (χ0n) is 18.6. The summed E-state index contributed by atoms with van der Waals surface area (Å²) in [5.74, 6) is 1.02. The minimum Gasteiger partial charge on any atom is -0.490 e. The van der Waals surface area contributed by atoms with E-state index in [1.165, 1.54) is 32.4 Å². The van der Waals surface area contributed by atoms with Crippen LogP contribution in [0.4, 0.5) is 10.5 Å². The van der Waals surface area contributed by atoms with Gasteiger partial charge in [-0.25, -0.2) is 9.78 Å². The number of fused-ring (bicyclic) bond motifs is 3. The average Bonchev–Trinajstić information content (AvgIpc) is 3.18. The lowest BCUT2D eigenvalue weighted by molar-refractivity contribution is -0.385. The molecule has 0 fully saturated rings. The van der Waals surface area contributed by atoms with Gasteiger partial charge in [-0.2, -0.15) is 0 Å². The number of aromatic nitrogens is 2. The van der Waals surface area contributed by atoms with Gasteiger partial charge in [0.15, 0.2) is 0 Å². The summed E-state index contributed by atoms with van der Waals surface area (Å²) in [5, 5.41) is 12.7. The minimum atomic E-state index is -0.859.